The quantitative estimate of drug-likeness (QED) is 0.906. The highest BCUT2D eigenvalue weighted by Gasteiger charge is 2.39. The van der Waals surface area contributed by atoms with Crippen molar-refractivity contribution in [2.45, 2.75) is 31.2 Å². The maximum atomic E-state index is 6.21. The van der Waals surface area contributed by atoms with Crippen molar-refractivity contribution in [3.05, 3.63) is 35.5 Å². The lowest BCUT2D eigenvalue weighted by Gasteiger charge is -2.34. The summed E-state index contributed by atoms with van der Waals surface area (Å²) in [4.78, 5) is 4.44. The first-order chi connectivity index (χ1) is 10.2. The first-order valence-electron chi connectivity index (χ1n) is 6.98. The monoisotopic (exact) mass is 289 g/mol. The summed E-state index contributed by atoms with van der Waals surface area (Å²) in [6.07, 6.45) is 3.38. The van der Waals surface area contributed by atoms with Crippen LogP contribution in [0.25, 0.3) is 0 Å². The molecular weight excluding hydrogens is 270 g/mol. The van der Waals surface area contributed by atoms with E-state index in [1.807, 2.05) is 18.2 Å². The molecular formula is C15H19N3O3. The van der Waals surface area contributed by atoms with E-state index in [4.69, 9.17) is 19.7 Å². The zero-order valence-electron chi connectivity index (χ0n) is 12.3. The van der Waals surface area contributed by atoms with E-state index in [9.17, 15) is 0 Å². The number of nitrogens with zero attached hydrogens (tertiary/aromatic N) is 2. The van der Waals surface area contributed by atoms with Gasteiger partial charge in [-0.25, -0.2) is 0 Å². The van der Waals surface area contributed by atoms with Crippen molar-refractivity contribution in [3.8, 4) is 11.5 Å². The van der Waals surface area contributed by atoms with Gasteiger partial charge in [-0.05, 0) is 31.4 Å². The van der Waals surface area contributed by atoms with Gasteiger partial charge < -0.3 is 19.7 Å². The second-order valence-corrected chi connectivity index (χ2v) is 5.34. The maximum Gasteiger partial charge on any atom is 0.231 e. The summed E-state index contributed by atoms with van der Waals surface area (Å²) in [6, 6.07) is 5.64. The second kappa shape index (κ2) is 5.37. The molecule has 1 aliphatic carbocycles. The van der Waals surface area contributed by atoms with Gasteiger partial charge in [0, 0.05) is 5.56 Å². The Morgan fingerprint density at radius 1 is 1.24 bits per heavy atom. The van der Waals surface area contributed by atoms with Crippen LogP contribution in [0.1, 0.15) is 36.5 Å². The highest BCUT2D eigenvalue weighted by atomic mass is 16.5. The number of nitrogens with two attached hydrogens (primary N) is 1. The van der Waals surface area contributed by atoms with E-state index in [2.05, 4.69) is 10.1 Å². The predicted molar refractivity (Wildman–Crippen MR) is 76.4 cm³/mol. The molecule has 0 amide bonds. The van der Waals surface area contributed by atoms with Crippen molar-refractivity contribution < 1.29 is 14.0 Å². The van der Waals surface area contributed by atoms with Crippen molar-refractivity contribution >= 4 is 0 Å². The first-order valence-corrected chi connectivity index (χ1v) is 6.98. The van der Waals surface area contributed by atoms with E-state index in [1.165, 1.54) is 0 Å². The van der Waals surface area contributed by atoms with Crippen LogP contribution in [0, 0.1) is 0 Å². The Morgan fingerprint density at radius 2 is 1.90 bits per heavy atom. The topological polar surface area (TPSA) is 83.4 Å². The third-order valence-electron chi connectivity index (χ3n) is 4.02. The molecule has 6 nitrogen and oxygen atoms in total. The second-order valence-electron chi connectivity index (χ2n) is 5.34. The van der Waals surface area contributed by atoms with Crippen LogP contribution in [0.2, 0.25) is 0 Å². The normalized spacial score (nSPS) is 16.3. The van der Waals surface area contributed by atoms with Gasteiger partial charge in [0.15, 0.2) is 5.82 Å². The summed E-state index contributed by atoms with van der Waals surface area (Å²) in [5.74, 6) is 2.59. The molecule has 112 valence electrons. The summed E-state index contributed by atoms with van der Waals surface area (Å²) < 4.78 is 16.1. The predicted octanol–water partition coefficient (Wildman–Crippen LogP) is 2.02. The molecule has 0 saturated heterocycles. The smallest absolute Gasteiger partial charge is 0.231 e. The molecule has 0 radical (unpaired) electrons. The van der Waals surface area contributed by atoms with Gasteiger partial charge in [-0.2, -0.15) is 4.98 Å². The summed E-state index contributed by atoms with van der Waals surface area (Å²) in [6.45, 7) is 0. The summed E-state index contributed by atoms with van der Waals surface area (Å²) >= 11 is 0. The van der Waals surface area contributed by atoms with Gasteiger partial charge in [0.2, 0.25) is 5.89 Å². The molecule has 1 aromatic heterocycles. The van der Waals surface area contributed by atoms with Crippen molar-refractivity contribution in [2.24, 2.45) is 5.73 Å². The Kier molecular flexibility index (Phi) is 3.55. The molecule has 2 aromatic rings. The lowest BCUT2D eigenvalue weighted by molar-refractivity contribution is 0.229. The fourth-order valence-corrected chi connectivity index (χ4v) is 2.56. The van der Waals surface area contributed by atoms with Gasteiger partial charge >= 0.3 is 0 Å². The van der Waals surface area contributed by atoms with Gasteiger partial charge in [-0.3, -0.25) is 0 Å². The molecule has 1 fully saturated rings. The molecule has 0 unspecified atom stereocenters. The fraction of sp³-hybridized carbons (Fsp3) is 0.467. The molecule has 1 aliphatic rings. The third-order valence-corrected chi connectivity index (χ3v) is 4.02. The SMILES string of the molecule is COc1cccc(OC)c1Cc1nc(C2(N)CCC2)no1. The van der Waals surface area contributed by atoms with E-state index < -0.39 is 5.54 Å². The van der Waals surface area contributed by atoms with Crippen LogP contribution in [0.4, 0.5) is 0 Å². The van der Waals surface area contributed by atoms with E-state index in [0.717, 1.165) is 36.3 Å². The molecule has 0 bridgehead atoms. The number of benzene rings is 1. The lowest BCUT2D eigenvalue weighted by atomic mass is 9.77. The molecule has 1 heterocycles. The van der Waals surface area contributed by atoms with E-state index in [-0.39, 0.29) is 0 Å². The Labute approximate surface area is 123 Å². The Balaban J connectivity index is 1.87. The standard InChI is InChI=1S/C15H19N3O3/c1-19-11-5-3-6-12(20-2)10(11)9-13-17-14(18-21-13)15(16)7-4-8-15/h3,5-6H,4,7-9,16H2,1-2H3. The Hall–Kier alpha value is -2.08. The minimum absolute atomic E-state index is 0.410. The Morgan fingerprint density at radius 3 is 2.43 bits per heavy atom. The molecule has 0 atom stereocenters. The molecule has 0 spiro atoms. The number of rotatable bonds is 5. The van der Waals surface area contributed by atoms with E-state index in [1.54, 1.807) is 14.2 Å². The fourth-order valence-electron chi connectivity index (χ4n) is 2.56. The molecule has 3 rings (SSSR count). The maximum absolute atomic E-state index is 6.21. The Bertz CT molecular complexity index is 613. The van der Waals surface area contributed by atoms with Crippen molar-refractivity contribution in [1.82, 2.24) is 10.1 Å². The van der Waals surface area contributed by atoms with Crippen LogP contribution < -0.4 is 15.2 Å². The average Bonchev–Trinajstić information content (AvgIpc) is 2.94. The summed E-state index contributed by atoms with van der Waals surface area (Å²) in [5.41, 5.74) is 6.68. The third kappa shape index (κ3) is 2.47. The van der Waals surface area contributed by atoms with Crippen molar-refractivity contribution in [3.63, 3.8) is 0 Å². The van der Waals surface area contributed by atoms with Gasteiger partial charge in [-0.1, -0.05) is 11.2 Å². The van der Waals surface area contributed by atoms with Gasteiger partial charge in [0.25, 0.3) is 0 Å². The van der Waals surface area contributed by atoms with Crippen molar-refractivity contribution in [2.75, 3.05) is 14.2 Å². The lowest BCUT2D eigenvalue weighted by Crippen LogP contribution is -2.44. The highest BCUT2D eigenvalue weighted by Crippen LogP contribution is 2.37. The molecule has 1 aromatic carbocycles. The number of hydrogen-bond acceptors (Lipinski definition) is 6. The number of hydrogen-bond donors (Lipinski definition) is 1. The molecule has 6 heteroatoms. The van der Waals surface area contributed by atoms with E-state index in [0.29, 0.717) is 18.1 Å². The van der Waals surface area contributed by atoms with E-state index >= 15 is 0 Å². The molecule has 0 aliphatic heterocycles. The average molecular weight is 289 g/mol. The minimum Gasteiger partial charge on any atom is -0.496 e. The van der Waals surface area contributed by atoms with Crippen LogP contribution in [-0.4, -0.2) is 24.4 Å². The van der Waals surface area contributed by atoms with Crippen LogP contribution in [0.5, 0.6) is 11.5 Å². The first kappa shape index (κ1) is 13.9. The number of aromatic nitrogens is 2. The van der Waals surface area contributed by atoms with Crippen molar-refractivity contribution in [1.29, 1.82) is 0 Å². The van der Waals surface area contributed by atoms with Crippen LogP contribution in [0.3, 0.4) is 0 Å². The number of ether oxygens (including phenoxy) is 2. The van der Waals surface area contributed by atoms with Gasteiger partial charge in [0.1, 0.15) is 11.5 Å². The zero-order chi connectivity index (χ0) is 14.9. The minimum atomic E-state index is -0.410. The number of methoxy groups -OCH3 is 2. The zero-order valence-corrected chi connectivity index (χ0v) is 12.3. The van der Waals surface area contributed by atoms with Gasteiger partial charge in [0.05, 0.1) is 26.2 Å². The molecule has 1 saturated carbocycles. The highest BCUT2D eigenvalue weighted by molar-refractivity contribution is 5.46. The van der Waals surface area contributed by atoms with Crippen LogP contribution in [-0.2, 0) is 12.0 Å². The molecule has 21 heavy (non-hydrogen) atoms. The van der Waals surface area contributed by atoms with Crippen LogP contribution >= 0.6 is 0 Å². The molecule has 2 N–H and O–H groups in total. The summed E-state index contributed by atoms with van der Waals surface area (Å²) in [5, 5.41) is 4.02. The summed E-state index contributed by atoms with van der Waals surface area (Å²) in [7, 11) is 3.25. The van der Waals surface area contributed by atoms with Gasteiger partial charge in [-0.15, -0.1) is 0 Å². The van der Waals surface area contributed by atoms with Crippen LogP contribution in [0.15, 0.2) is 22.7 Å². The largest absolute Gasteiger partial charge is 0.496 e.